The molecule has 1 fully saturated rings. The van der Waals surface area contributed by atoms with Gasteiger partial charge >= 0.3 is 12.1 Å². The number of alkyl halides is 5. The molecule has 2 heterocycles. The van der Waals surface area contributed by atoms with Crippen LogP contribution in [0.1, 0.15) is 31.6 Å². The molecular weight excluding hydrogens is 447 g/mol. The van der Waals surface area contributed by atoms with Gasteiger partial charge in [0.25, 0.3) is 0 Å². The van der Waals surface area contributed by atoms with Gasteiger partial charge in [-0.05, 0) is 44.7 Å². The van der Waals surface area contributed by atoms with Gasteiger partial charge < -0.3 is 9.26 Å². The predicted molar refractivity (Wildman–Crippen MR) is 99.3 cm³/mol. The molecule has 1 aliphatic heterocycles. The van der Waals surface area contributed by atoms with Crippen LogP contribution in [0.3, 0.4) is 0 Å². The summed E-state index contributed by atoms with van der Waals surface area (Å²) in [6.45, 7) is 0.648. The quantitative estimate of drug-likeness (QED) is 0.383. The third-order valence-corrected chi connectivity index (χ3v) is 5.34. The SMILES string of the molecule is Cc1nc(-c2c(F)cc(OCCCC3CCN(CC(F)(F)C(F)(F)F)CC3)cc2F)no1. The number of nitrogens with zero attached hydrogens (tertiary/aromatic N) is 3. The molecule has 0 saturated carbocycles. The molecule has 1 aliphatic rings. The highest BCUT2D eigenvalue weighted by molar-refractivity contribution is 5.57. The molecule has 1 saturated heterocycles. The first-order valence-electron chi connectivity index (χ1n) is 10.1. The molecule has 32 heavy (non-hydrogen) atoms. The Hall–Kier alpha value is -2.37. The van der Waals surface area contributed by atoms with E-state index in [9.17, 15) is 30.7 Å². The van der Waals surface area contributed by atoms with E-state index in [2.05, 4.69) is 10.1 Å². The summed E-state index contributed by atoms with van der Waals surface area (Å²) < 4.78 is 102. The number of hydrogen-bond donors (Lipinski definition) is 0. The predicted octanol–water partition coefficient (Wildman–Crippen LogP) is 5.39. The summed E-state index contributed by atoms with van der Waals surface area (Å²) >= 11 is 0. The number of rotatable bonds is 8. The topological polar surface area (TPSA) is 51.4 Å². The molecule has 3 rings (SSSR count). The van der Waals surface area contributed by atoms with Crippen LogP contribution in [-0.4, -0.2) is 53.4 Å². The van der Waals surface area contributed by atoms with Crippen molar-refractivity contribution in [2.24, 2.45) is 5.92 Å². The summed E-state index contributed by atoms with van der Waals surface area (Å²) in [7, 11) is 0. The van der Waals surface area contributed by atoms with Crippen LogP contribution in [0.4, 0.5) is 30.7 Å². The molecule has 0 bridgehead atoms. The van der Waals surface area contributed by atoms with Crippen LogP contribution < -0.4 is 4.74 Å². The third-order valence-electron chi connectivity index (χ3n) is 5.34. The maximum atomic E-state index is 14.3. The number of likely N-dealkylation sites (tertiary alicyclic amines) is 1. The minimum atomic E-state index is -5.55. The standard InChI is InChI=1S/C20H22F7N3O2/c1-12-28-18(29-32-12)17-15(21)9-14(10-16(17)22)31-8-2-3-13-4-6-30(7-5-13)11-19(23,24)20(25,26)27/h9-10,13H,2-8,11H2,1H3. The van der Waals surface area contributed by atoms with Gasteiger partial charge in [0.05, 0.1) is 18.7 Å². The average molecular weight is 469 g/mol. The Labute approximate surface area is 179 Å². The first kappa shape index (κ1) is 24.3. The van der Waals surface area contributed by atoms with Crippen molar-refractivity contribution in [3.05, 3.63) is 29.7 Å². The lowest BCUT2D eigenvalue weighted by molar-refractivity contribution is -0.287. The molecule has 178 valence electrons. The zero-order valence-corrected chi connectivity index (χ0v) is 17.2. The second-order valence-electron chi connectivity index (χ2n) is 7.81. The summed E-state index contributed by atoms with van der Waals surface area (Å²) in [5, 5.41) is 3.49. The maximum Gasteiger partial charge on any atom is 0.454 e. The van der Waals surface area contributed by atoms with Gasteiger partial charge in [0.15, 0.2) is 0 Å². The molecule has 0 N–H and O–H groups in total. The lowest BCUT2D eigenvalue weighted by Crippen LogP contribution is -2.49. The Kier molecular flexibility index (Phi) is 7.31. The number of hydrogen-bond acceptors (Lipinski definition) is 5. The average Bonchev–Trinajstić information content (AvgIpc) is 3.10. The van der Waals surface area contributed by atoms with E-state index in [0.717, 1.165) is 17.0 Å². The number of aromatic nitrogens is 2. The minimum absolute atomic E-state index is 0.00633. The molecule has 1 aromatic heterocycles. The number of halogens is 7. The van der Waals surface area contributed by atoms with Crippen LogP contribution >= 0.6 is 0 Å². The first-order valence-corrected chi connectivity index (χ1v) is 10.1. The fourth-order valence-electron chi connectivity index (χ4n) is 3.61. The molecule has 0 spiro atoms. The van der Waals surface area contributed by atoms with Gasteiger partial charge in [0.2, 0.25) is 11.7 Å². The van der Waals surface area contributed by atoms with Gasteiger partial charge in [0.1, 0.15) is 17.4 Å². The second kappa shape index (κ2) is 9.63. The molecule has 1 aromatic carbocycles. The van der Waals surface area contributed by atoms with Crippen molar-refractivity contribution < 1.29 is 40.0 Å². The maximum absolute atomic E-state index is 14.3. The summed E-state index contributed by atoms with van der Waals surface area (Å²) in [4.78, 5) is 4.92. The van der Waals surface area contributed by atoms with Gasteiger partial charge in [-0.15, -0.1) is 0 Å². The number of aryl methyl sites for hydroxylation is 1. The molecule has 0 radical (unpaired) electrons. The van der Waals surface area contributed by atoms with Crippen molar-refractivity contribution >= 4 is 0 Å². The summed E-state index contributed by atoms with van der Waals surface area (Å²) in [6.07, 6.45) is -3.36. The fraction of sp³-hybridized carbons (Fsp3) is 0.600. The molecule has 2 aromatic rings. The van der Waals surface area contributed by atoms with E-state index < -0.39 is 35.8 Å². The van der Waals surface area contributed by atoms with Gasteiger partial charge in [0, 0.05) is 19.1 Å². The lowest BCUT2D eigenvalue weighted by atomic mass is 9.92. The third kappa shape index (κ3) is 5.90. The monoisotopic (exact) mass is 469 g/mol. The van der Waals surface area contributed by atoms with Crippen LogP contribution in [0.15, 0.2) is 16.7 Å². The molecule has 0 aliphatic carbocycles. The second-order valence-corrected chi connectivity index (χ2v) is 7.81. The first-order chi connectivity index (χ1) is 15.0. The van der Waals surface area contributed by atoms with Crippen LogP contribution in [0.5, 0.6) is 5.75 Å². The summed E-state index contributed by atoms with van der Waals surface area (Å²) in [5.74, 6) is -6.41. The zero-order valence-electron chi connectivity index (χ0n) is 17.2. The van der Waals surface area contributed by atoms with Crippen LogP contribution in [0.25, 0.3) is 11.4 Å². The van der Waals surface area contributed by atoms with E-state index in [0.29, 0.717) is 25.7 Å². The number of piperidine rings is 1. The Balaban J connectivity index is 1.42. The van der Waals surface area contributed by atoms with Gasteiger partial charge in [-0.1, -0.05) is 5.16 Å². The Bertz CT molecular complexity index is 886. The van der Waals surface area contributed by atoms with E-state index in [-0.39, 0.29) is 43.1 Å². The zero-order chi connectivity index (χ0) is 23.5. The van der Waals surface area contributed by atoms with Crippen molar-refractivity contribution in [2.45, 2.75) is 44.7 Å². The molecule has 5 nitrogen and oxygen atoms in total. The smallest absolute Gasteiger partial charge is 0.454 e. The fourth-order valence-corrected chi connectivity index (χ4v) is 3.61. The van der Waals surface area contributed by atoms with Crippen molar-refractivity contribution in [1.29, 1.82) is 0 Å². The Morgan fingerprint density at radius 2 is 1.72 bits per heavy atom. The Morgan fingerprint density at radius 3 is 2.25 bits per heavy atom. The van der Waals surface area contributed by atoms with E-state index >= 15 is 0 Å². The van der Waals surface area contributed by atoms with Crippen LogP contribution in [0.2, 0.25) is 0 Å². The Morgan fingerprint density at radius 1 is 1.09 bits per heavy atom. The van der Waals surface area contributed by atoms with Crippen molar-refractivity contribution in [3.8, 4) is 17.1 Å². The van der Waals surface area contributed by atoms with E-state index in [1.165, 1.54) is 6.92 Å². The normalized spacial score (nSPS) is 16.5. The highest BCUT2D eigenvalue weighted by Crippen LogP contribution is 2.37. The largest absolute Gasteiger partial charge is 0.493 e. The lowest BCUT2D eigenvalue weighted by Gasteiger charge is -2.34. The van der Waals surface area contributed by atoms with E-state index in [1.807, 2.05) is 0 Å². The number of benzene rings is 1. The molecule has 0 unspecified atom stereocenters. The van der Waals surface area contributed by atoms with Gasteiger partial charge in [-0.3, -0.25) is 4.90 Å². The van der Waals surface area contributed by atoms with Crippen molar-refractivity contribution in [2.75, 3.05) is 26.2 Å². The number of ether oxygens (including phenoxy) is 1. The summed E-state index contributed by atoms with van der Waals surface area (Å²) in [6, 6.07) is 2.03. The van der Waals surface area contributed by atoms with E-state index in [4.69, 9.17) is 9.26 Å². The van der Waals surface area contributed by atoms with Crippen molar-refractivity contribution in [1.82, 2.24) is 15.0 Å². The van der Waals surface area contributed by atoms with Crippen LogP contribution in [0, 0.1) is 24.5 Å². The molecular formula is C20H22F7N3O2. The molecule has 12 heteroatoms. The van der Waals surface area contributed by atoms with Crippen LogP contribution in [-0.2, 0) is 0 Å². The van der Waals surface area contributed by atoms with Crippen molar-refractivity contribution in [3.63, 3.8) is 0 Å². The highest BCUT2D eigenvalue weighted by Gasteiger charge is 2.58. The minimum Gasteiger partial charge on any atom is -0.493 e. The highest BCUT2D eigenvalue weighted by atomic mass is 19.4. The molecule has 0 atom stereocenters. The summed E-state index contributed by atoms with van der Waals surface area (Å²) in [5.41, 5.74) is -0.419. The van der Waals surface area contributed by atoms with Gasteiger partial charge in [-0.25, -0.2) is 8.78 Å². The molecule has 0 amide bonds. The van der Waals surface area contributed by atoms with E-state index in [1.54, 1.807) is 0 Å². The van der Waals surface area contributed by atoms with Gasteiger partial charge in [-0.2, -0.15) is 26.9 Å².